The molecular formula is C15H16BrClO. The molecule has 0 saturated carbocycles. The Kier molecular flexibility index (Phi) is 4.18. The fourth-order valence-corrected chi connectivity index (χ4v) is 2.76. The fraction of sp³-hybridized carbons (Fsp3) is 0.333. The summed E-state index contributed by atoms with van der Waals surface area (Å²) >= 11 is 10.1. The summed E-state index contributed by atoms with van der Waals surface area (Å²) in [5, 5.41) is -0.225. The predicted molar refractivity (Wildman–Crippen MR) is 79.4 cm³/mol. The van der Waals surface area contributed by atoms with Gasteiger partial charge >= 0.3 is 0 Å². The van der Waals surface area contributed by atoms with Crippen LogP contribution >= 0.6 is 27.5 Å². The zero-order chi connectivity index (χ0) is 13.3. The first-order chi connectivity index (χ1) is 8.52. The minimum Gasteiger partial charge on any atom is -0.464 e. The molecule has 1 heterocycles. The SMILES string of the molecule is CCc1ccc(C(Cl)c2cc(C)c(Br)cc2C)o1. The third-order valence-corrected chi connectivity index (χ3v) is 4.41. The Morgan fingerprint density at radius 3 is 2.56 bits per heavy atom. The lowest BCUT2D eigenvalue weighted by molar-refractivity contribution is 0.474. The Morgan fingerprint density at radius 1 is 1.22 bits per heavy atom. The van der Waals surface area contributed by atoms with Gasteiger partial charge in [0.2, 0.25) is 0 Å². The van der Waals surface area contributed by atoms with E-state index in [9.17, 15) is 0 Å². The average molecular weight is 328 g/mol. The molecule has 0 N–H and O–H groups in total. The number of aryl methyl sites for hydroxylation is 3. The molecule has 0 saturated heterocycles. The first kappa shape index (κ1) is 13.7. The van der Waals surface area contributed by atoms with E-state index in [0.717, 1.165) is 28.0 Å². The van der Waals surface area contributed by atoms with Gasteiger partial charge in [0.1, 0.15) is 16.9 Å². The quantitative estimate of drug-likeness (QED) is 0.674. The number of alkyl halides is 1. The highest BCUT2D eigenvalue weighted by atomic mass is 79.9. The van der Waals surface area contributed by atoms with Gasteiger partial charge < -0.3 is 4.42 Å². The van der Waals surface area contributed by atoms with E-state index in [1.54, 1.807) is 0 Å². The van der Waals surface area contributed by atoms with Crippen LogP contribution in [0.15, 0.2) is 33.2 Å². The molecule has 1 unspecified atom stereocenters. The molecule has 2 aromatic rings. The van der Waals surface area contributed by atoms with Crippen molar-refractivity contribution in [2.75, 3.05) is 0 Å². The molecule has 0 aliphatic rings. The summed E-state index contributed by atoms with van der Waals surface area (Å²) < 4.78 is 6.84. The second-order valence-electron chi connectivity index (χ2n) is 4.48. The van der Waals surface area contributed by atoms with E-state index in [1.165, 1.54) is 11.1 Å². The summed E-state index contributed by atoms with van der Waals surface area (Å²) in [7, 11) is 0. The van der Waals surface area contributed by atoms with Crippen molar-refractivity contribution in [3.05, 3.63) is 56.9 Å². The maximum absolute atomic E-state index is 6.52. The maximum atomic E-state index is 6.52. The molecule has 0 radical (unpaired) electrons. The number of benzene rings is 1. The van der Waals surface area contributed by atoms with E-state index >= 15 is 0 Å². The number of rotatable bonds is 3. The summed E-state index contributed by atoms with van der Waals surface area (Å²) in [6, 6.07) is 8.17. The molecule has 3 heteroatoms. The summed E-state index contributed by atoms with van der Waals surface area (Å²) in [6.45, 7) is 6.20. The van der Waals surface area contributed by atoms with Crippen molar-refractivity contribution in [2.45, 2.75) is 32.6 Å². The lowest BCUT2D eigenvalue weighted by Gasteiger charge is -2.13. The summed E-state index contributed by atoms with van der Waals surface area (Å²) in [5.41, 5.74) is 3.46. The average Bonchev–Trinajstić information content (AvgIpc) is 2.81. The van der Waals surface area contributed by atoms with Crippen molar-refractivity contribution in [3.63, 3.8) is 0 Å². The molecule has 1 nitrogen and oxygen atoms in total. The molecule has 0 aliphatic heterocycles. The van der Waals surface area contributed by atoms with Gasteiger partial charge in [-0.1, -0.05) is 28.9 Å². The molecule has 96 valence electrons. The topological polar surface area (TPSA) is 13.1 Å². The number of halogens is 2. The molecule has 18 heavy (non-hydrogen) atoms. The molecule has 1 aromatic carbocycles. The van der Waals surface area contributed by atoms with Gasteiger partial charge in [-0.2, -0.15) is 0 Å². The van der Waals surface area contributed by atoms with Crippen molar-refractivity contribution in [3.8, 4) is 0 Å². The summed E-state index contributed by atoms with van der Waals surface area (Å²) in [5.74, 6) is 1.79. The van der Waals surface area contributed by atoms with Crippen LogP contribution in [0.1, 0.15) is 40.5 Å². The lowest BCUT2D eigenvalue weighted by atomic mass is 10.0. The van der Waals surface area contributed by atoms with Crippen LogP contribution in [0, 0.1) is 13.8 Å². The van der Waals surface area contributed by atoms with Crippen molar-refractivity contribution in [1.29, 1.82) is 0 Å². The van der Waals surface area contributed by atoms with Crippen molar-refractivity contribution in [2.24, 2.45) is 0 Å². The third-order valence-electron chi connectivity index (χ3n) is 3.10. The Balaban J connectivity index is 2.39. The van der Waals surface area contributed by atoms with Crippen molar-refractivity contribution < 1.29 is 4.42 Å². The van der Waals surface area contributed by atoms with Gasteiger partial charge in [0.15, 0.2) is 0 Å². The predicted octanol–water partition coefficient (Wildman–Crippen LogP) is 5.55. The van der Waals surface area contributed by atoms with Gasteiger partial charge in [-0.3, -0.25) is 0 Å². The molecule has 0 amide bonds. The van der Waals surface area contributed by atoms with E-state index < -0.39 is 0 Å². The Morgan fingerprint density at radius 2 is 1.94 bits per heavy atom. The summed E-state index contributed by atoms with van der Waals surface area (Å²) in [6.07, 6.45) is 0.891. The smallest absolute Gasteiger partial charge is 0.126 e. The highest BCUT2D eigenvalue weighted by molar-refractivity contribution is 9.10. The standard InChI is InChI=1S/C15H16BrClO/c1-4-11-5-6-14(18-11)15(17)12-7-10(3)13(16)8-9(12)2/h5-8,15H,4H2,1-3H3. The van der Waals surface area contributed by atoms with Crippen molar-refractivity contribution in [1.82, 2.24) is 0 Å². The van der Waals surface area contributed by atoms with Crippen LogP contribution in [0.25, 0.3) is 0 Å². The van der Waals surface area contributed by atoms with E-state index in [4.69, 9.17) is 16.0 Å². The summed E-state index contributed by atoms with van der Waals surface area (Å²) in [4.78, 5) is 0. The van der Waals surface area contributed by atoms with Crippen LogP contribution in [0.3, 0.4) is 0 Å². The Bertz CT molecular complexity index is 560. The van der Waals surface area contributed by atoms with E-state index in [0.29, 0.717) is 0 Å². The Labute approximate surface area is 121 Å². The molecule has 2 rings (SSSR count). The van der Waals surface area contributed by atoms with E-state index in [2.05, 4.69) is 48.8 Å². The van der Waals surface area contributed by atoms with Crippen LogP contribution in [0.2, 0.25) is 0 Å². The minimum atomic E-state index is -0.225. The lowest BCUT2D eigenvalue weighted by Crippen LogP contribution is -1.96. The first-order valence-electron chi connectivity index (χ1n) is 6.02. The Hall–Kier alpha value is -0.730. The normalized spacial score (nSPS) is 12.7. The van der Waals surface area contributed by atoms with E-state index in [1.807, 2.05) is 12.1 Å². The second kappa shape index (κ2) is 5.50. The zero-order valence-electron chi connectivity index (χ0n) is 10.8. The minimum absolute atomic E-state index is 0.225. The maximum Gasteiger partial charge on any atom is 0.126 e. The molecule has 0 aliphatic carbocycles. The van der Waals surface area contributed by atoms with Gasteiger partial charge in [-0.15, -0.1) is 11.6 Å². The molecule has 0 spiro atoms. The van der Waals surface area contributed by atoms with Gasteiger partial charge in [0, 0.05) is 10.9 Å². The number of furan rings is 1. The number of hydrogen-bond acceptors (Lipinski definition) is 1. The van der Waals surface area contributed by atoms with Crippen LogP contribution in [-0.4, -0.2) is 0 Å². The highest BCUT2D eigenvalue weighted by Crippen LogP contribution is 2.34. The highest BCUT2D eigenvalue weighted by Gasteiger charge is 2.17. The molecule has 0 bridgehead atoms. The van der Waals surface area contributed by atoms with Gasteiger partial charge in [-0.25, -0.2) is 0 Å². The van der Waals surface area contributed by atoms with Gasteiger partial charge in [0.05, 0.1) is 0 Å². The van der Waals surface area contributed by atoms with Crippen LogP contribution in [-0.2, 0) is 6.42 Å². The first-order valence-corrected chi connectivity index (χ1v) is 7.25. The monoisotopic (exact) mass is 326 g/mol. The zero-order valence-corrected chi connectivity index (χ0v) is 13.1. The number of hydrogen-bond donors (Lipinski definition) is 0. The fourth-order valence-electron chi connectivity index (χ4n) is 1.95. The van der Waals surface area contributed by atoms with Gasteiger partial charge in [-0.05, 0) is 48.7 Å². The largest absolute Gasteiger partial charge is 0.464 e. The second-order valence-corrected chi connectivity index (χ2v) is 5.77. The van der Waals surface area contributed by atoms with Crippen LogP contribution < -0.4 is 0 Å². The van der Waals surface area contributed by atoms with Crippen LogP contribution in [0.5, 0.6) is 0 Å². The van der Waals surface area contributed by atoms with Crippen LogP contribution in [0.4, 0.5) is 0 Å². The van der Waals surface area contributed by atoms with Gasteiger partial charge in [0.25, 0.3) is 0 Å². The van der Waals surface area contributed by atoms with E-state index in [-0.39, 0.29) is 5.38 Å². The van der Waals surface area contributed by atoms with Crippen molar-refractivity contribution >= 4 is 27.5 Å². The molecule has 0 fully saturated rings. The molecule has 1 aromatic heterocycles. The molecular weight excluding hydrogens is 312 g/mol. The molecule has 1 atom stereocenters. The third kappa shape index (κ3) is 2.65.